The molecule has 0 spiro atoms. The number of rotatable bonds is 2. The summed E-state index contributed by atoms with van der Waals surface area (Å²) < 4.78 is 0. The third kappa shape index (κ3) is 4.87. The van der Waals surface area contributed by atoms with Gasteiger partial charge in [-0.05, 0) is 79.2 Å². The van der Waals surface area contributed by atoms with Gasteiger partial charge >= 0.3 is 0 Å². The van der Waals surface area contributed by atoms with Gasteiger partial charge in [0.25, 0.3) is 0 Å². The highest BCUT2D eigenvalue weighted by Gasteiger charge is 2.48. The minimum Gasteiger partial charge on any atom is -0.294 e. The van der Waals surface area contributed by atoms with E-state index in [2.05, 4.69) is 40.8 Å². The summed E-state index contributed by atoms with van der Waals surface area (Å²) in [5, 5.41) is 0. The molecule has 0 saturated heterocycles. The maximum atomic E-state index is 12.1. The molecule has 0 N–H and O–H groups in total. The second kappa shape index (κ2) is 10.7. The normalized spacial score (nSPS) is 37.2. The van der Waals surface area contributed by atoms with Crippen LogP contribution >= 0.6 is 15.9 Å². The molecular weight excluding hydrogens is 372 g/mol. The molecule has 4 unspecified atom stereocenters. The summed E-state index contributed by atoms with van der Waals surface area (Å²) in [5.74, 6) is 2.22. The summed E-state index contributed by atoms with van der Waals surface area (Å²) >= 11 is 3.58. The van der Waals surface area contributed by atoms with E-state index in [0.29, 0.717) is 11.2 Å². The fourth-order valence-electron chi connectivity index (χ4n) is 5.09. The lowest BCUT2D eigenvalue weighted by Gasteiger charge is -2.42. The van der Waals surface area contributed by atoms with Crippen molar-refractivity contribution in [2.45, 2.75) is 92.9 Å². The zero-order valence-corrected chi connectivity index (χ0v) is 18.9. The Morgan fingerprint density at radius 2 is 1.80 bits per heavy atom. The van der Waals surface area contributed by atoms with Crippen LogP contribution in [-0.2, 0) is 4.79 Å². The van der Waals surface area contributed by atoms with Crippen LogP contribution in [0.1, 0.15) is 92.9 Å². The maximum Gasteiger partial charge on any atom is 0.161 e. The van der Waals surface area contributed by atoms with Crippen molar-refractivity contribution >= 4 is 21.7 Å². The Balaban J connectivity index is 0.000000730. The van der Waals surface area contributed by atoms with Crippen molar-refractivity contribution in [3.05, 3.63) is 22.2 Å². The average Bonchev–Trinajstić information content (AvgIpc) is 3.16. The summed E-state index contributed by atoms with van der Waals surface area (Å²) in [6, 6.07) is 0. The molecule has 0 aromatic heterocycles. The zero-order valence-electron chi connectivity index (χ0n) is 17.3. The lowest BCUT2D eigenvalue weighted by Crippen LogP contribution is -2.33. The molecule has 3 aliphatic carbocycles. The monoisotopic (exact) mass is 410 g/mol. The number of carbonyl (C=O) groups is 1. The smallest absolute Gasteiger partial charge is 0.161 e. The van der Waals surface area contributed by atoms with E-state index in [0.717, 1.165) is 36.7 Å². The minimum atomic E-state index is 0.265. The zero-order chi connectivity index (χ0) is 19.0. The molecule has 0 bridgehead atoms. The van der Waals surface area contributed by atoms with Crippen molar-refractivity contribution in [3.8, 4) is 0 Å². The molecule has 25 heavy (non-hydrogen) atoms. The van der Waals surface area contributed by atoms with Crippen LogP contribution in [0.5, 0.6) is 0 Å². The molecule has 3 aliphatic rings. The fraction of sp³-hybridized carbons (Fsp3) is 0.783. The van der Waals surface area contributed by atoms with Crippen molar-refractivity contribution in [2.75, 3.05) is 0 Å². The van der Waals surface area contributed by atoms with Crippen molar-refractivity contribution in [3.63, 3.8) is 0 Å². The van der Waals surface area contributed by atoms with E-state index in [1.165, 1.54) is 32.1 Å². The number of allylic oxidation sites excluding steroid dienone is 3. The molecular formula is C23H39BrO. The van der Waals surface area contributed by atoms with Crippen molar-refractivity contribution in [2.24, 2.45) is 23.2 Å². The van der Waals surface area contributed by atoms with Crippen LogP contribution in [0.25, 0.3) is 0 Å². The van der Waals surface area contributed by atoms with Crippen LogP contribution in [0.4, 0.5) is 0 Å². The number of hydrogen-bond donors (Lipinski definition) is 0. The molecule has 0 aromatic carbocycles. The first-order valence-electron chi connectivity index (χ1n) is 10.6. The molecule has 3 fully saturated rings. The van der Waals surface area contributed by atoms with Crippen molar-refractivity contribution in [1.29, 1.82) is 0 Å². The molecule has 144 valence electrons. The number of hydrogen-bond acceptors (Lipinski definition) is 1. The second-order valence-electron chi connectivity index (χ2n) is 7.64. The van der Waals surface area contributed by atoms with Crippen molar-refractivity contribution < 1.29 is 4.79 Å². The summed E-state index contributed by atoms with van der Waals surface area (Å²) in [4.78, 5) is 14.3. The summed E-state index contributed by atoms with van der Waals surface area (Å²) in [5.41, 5.74) is 3.22. The first-order valence-corrected chi connectivity index (χ1v) is 11.5. The molecule has 0 aromatic rings. The Kier molecular flexibility index (Phi) is 9.70. The predicted molar refractivity (Wildman–Crippen MR) is 114 cm³/mol. The summed E-state index contributed by atoms with van der Waals surface area (Å²) in [6.45, 7) is 12.6. The van der Waals surface area contributed by atoms with Crippen LogP contribution in [0.15, 0.2) is 22.2 Å². The molecule has 4 atom stereocenters. The van der Waals surface area contributed by atoms with E-state index in [1.807, 2.05) is 27.7 Å². The fourth-order valence-corrected chi connectivity index (χ4v) is 5.64. The molecule has 3 saturated carbocycles. The molecule has 2 heteroatoms. The average molecular weight is 411 g/mol. The van der Waals surface area contributed by atoms with Gasteiger partial charge in [-0.2, -0.15) is 0 Å². The number of fused-ring (bicyclic) bond motifs is 1. The van der Waals surface area contributed by atoms with Crippen LogP contribution in [-0.4, -0.2) is 5.78 Å². The van der Waals surface area contributed by atoms with E-state index in [-0.39, 0.29) is 5.92 Å². The van der Waals surface area contributed by atoms with Gasteiger partial charge < -0.3 is 0 Å². The van der Waals surface area contributed by atoms with Gasteiger partial charge in [0.1, 0.15) is 0 Å². The molecule has 0 amide bonds. The lowest BCUT2D eigenvalue weighted by molar-refractivity contribution is -0.117. The Hall–Kier alpha value is -0.370. The topological polar surface area (TPSA) is 17.1 Å². The number of Topliss-reactive ketones (excluding diaryl/α,β-unsaturated/α-hetero) is 1. The Bertz CT molecular complexity index is 490. The van der Waals surface area contributed by atoms with Gasteiger partial charge in [0, 0.05) is 5.92 Å². The number of carbonyl (C=O) groups excluding carboxylic acids is 1. The number of ketones is 1. The van der Waals surface area contributed by atoms with E-state index < -0.39 is 0 Å². The standard InChI is InChI=1S/C19H27BrO.2C2H6/c1-13-5-6-14(18(13)21)7-8-16-9-10-17-15(12-20)4-3-11-19(16,17)2;2*1-2/h7,12-13,16-17H,3-6,8-11H2,1-2H3;2*1-2H3/b14-7+,15-12+;;. The third-order valence-corrected chi connectivity index (χ3v) is 7.15. The highest BCUT2D eigenvalue weighted by molar-refractivity contribution is 9.11. The van der Waals surface area contributed by atoms with Gasteiger partial charge in [0.2, 0.25) is 0 Å². The largest absolute Gasteiger partial charge is 0.294 e. The van der Waals surface area contributed by atoms with Gasteiger partial charge in [-0.3, -0.25) is 4.79 Å². The van der Waals surface area contributed by atoms with E-state index in [1.54, 1.807) is 5.57 Å². The SMILES string of the molecule is CC.CC.CC1CC/C(=C\CC2CCC3/C(=C/Br)CCCC23C)C1=O. The predicted octanol–water partition coefficient (Wildman–Crippen LogP) is 7.85. The van der Waals surface area contributed by atoms with E-state index in [9.17, 15) is 4.79 Å². The Morgan fingerprint density at radius 3 is 2.36 bits per heavy atom. The number of halogens is 1. The maximum absolute atomic E-state index is 12.1. The van der Waals surface area contributed by atoms with Gasteiger partial charge in [-0.25, -0.2) is 0 Å². The second-order valence-corrected chi connectivity index (χ2v) is 8.10. The quantitative estimate of drug-likeness (QED) is 0.423. The van der Waals surface area contributed by atoms with Gasteiger partial charge in [0.05, 0.1) is 0 Å². The van der Waals surface area contributed by atoms with Crippen LogP contribution < -0.4 is 0 Å². The van der Waals surface area contributed by atoms with Crippen LogP contribution in [0.3, 0.4) is 0 Å². The minimum absolute atomic E-state index is 0.265. The molecule has 0 aliphatic heterocycles. The Labute approximate surface area is 164 Å². The molecule has 3 rings (SSSR count). The highest BCUT2D eigenvalue weighted by atomic mass is 79.9. The molecule has 1 nitrogen and oxygen atoms in total. The van der Waals surface area contributed by atoms with Gasteiger partial charge in [0.15, 0.2) is 5.78 Å². The lowest BCUT2D eigenvalue weighted by atomic mass is 9.63. The first kappa shape index (κ1) is 22.7. The molecule has 0 heterocycles. The van der Waals surface area contributed by atoms with Crippen molar-refractivity contribution in [1.82, 2.24) is 0 Å². The van der Waals surface area contributed by atoms with Crippen LogP contribution in [0, 0.1) is 23.2 Å². The van der Waals surface area contributed by atoms with Gasteiger partial charge in [-0.1, -0.05) is 69.1 Å². The Morgan fingerprint density at radius 1 is 1.12 bits per heavy atom. The van der Waals surface area contributed by atoms with Gasteiger partial charge in [-0.15, -0.1) is 0 Å². The molecule has 0 radical (unpaired) electrons. The van der Waals surface area contributed by atoms with E-state index in [4.69, 9.17) is 0 Å². The van der Waals surface area contributed by atoms with Crippen LogP contribution in [0.2, 0.25) is 0 Å². The third-order valence-electron chi connectivity index (χ3n) is 6.56. The highest BCUT2D eigenvalue weighted by Crippen LogP contribution is 2.58. The summed E-state index contributed by atoms with van der Waals surface area (Å²) in [7, 11) is 0. The van der Waals surface area contributed by atoms with E-state index >= 15 is 0 Å². The summed E-state index contributed by atoms with van der Waals surface area (Å²) in [6.07, 6.45) is 12.1. The first-order chi connectivity index (χ1) is 12.1.